The van der Waals surface area contributed by atoms with Gasteiger partial charge >= 0.3 is 11.9 Å². The lowest BCUT2D eigenvalue weighted by Crippen LogP contribution is -2.46. The number of ether oxygens (including phenoxy) is 6. The van der Waals surface area contributed by atoms with Gasteiger partial charge in [-0.2, -0.15) is 0 Å². The van der Waals surface area contributed by atoms with Gasteiger partial charge in [0.15, 0.2) is 23.2 Å². The summed E-state index contributed by atoms with van der Waals surface area (Å²) < 4.78 is 47.2. The van der Waals surface area contributed by atoms with Crippen LogP contribution in [0.1, 0.15) is 35.5 Å². The number of methoxy groups -OCH3 is 1. The third-order valence-corrected chi connectivity index (χ3v) is 7.00. The van der Waals surface area contributed by atoms with Crippen molar-refractivity contribution in [1.82, 2.24) is 10.3 Å². The van der Waals surface area contributed by atoms with Crippen LogP contribution in [0, 0.1) is 11.7 Å². The first kappa shape index (κ1) is 32.4. The highest BCUT2D eigenvalue weighted by atomic mass is 19.1. The molecule has 44 heavy (non-hydrogen) atoms. The summed E-state index contributed by atoms with van der Waals surface area (Å²) in [6, 6.07) is 16.0. The molecular weight excluding hydrogens is 575 g/mol. The van der Waals surface area contributed by atoms with E-state index in [0.29, 0.717) is 13.0 Å². The van der Waals surface area contributed by atoms with Crippen molar-refractivity contribution in [2.24, 2.45) is 5.92 Å². The van der Waals surface area contributed by atoms with Crippen molar-refractivity contribution < 1.29 is 47.2 Å². The van der Waals surface area contributed by atoms with Gasteiger partial charge in [0.25, 0.3) is 5.91 Å². The Balaban J connectivity index is 1.52. The number of carbonyl (C=O) groups is 3. The zero-order valence-electron chi connectivity index (χ0n) is 24.7. The minimum Gasteiger partial charge on any atom is -0.493 e. The second kappa shape index (κ2) is 15.8. The molecule has 3 aromatic rings. The van der Waals surface area contributed by atoms with E-state index in [-0.39, 0.29) is 42.1 Å². The van der Waals surface area contributed by atoms with Crippen LogP contribution in [-0.4, -0.2) is 68.2 Å². The molecule has 12 heteroatoms. The van der Waals surface area contributed by atoms with Crippen molar-refractivity contribution in [2.45, 2.75) is 45.1 Å². The monoisotopic (exact) mass is 610 g/mol. The van der Waals surface area contributed by atoms with E-state index < -0.39 is 42.9 Å². The van der Waals surface area contributed by atoms with E-state index >= 15 is 0 Å². The topological polar surface area (TPSA) is 132 Å². The molecule has 1 fully saturated rings. The highest BCUT2D eigenvalue weighted by Crippen LogP contribution is 2.30. The number of aromatic nitrogens is 1. The molecule has 0 radical (unpaired) electrons. The molecule has 1 N–H and O–H groups in total. The molecule has 1 amide bonds. The van der Waals surface area contributed by atoms with Crippen molar-refractivity contribution in [1.29, 1.82) is 0 Å². The van der Waals surface area contributed by atoms with Gasteiger partial charge in [-0.1, -0.05) is 42.5 Å². The summed E-state index contributed by atoms with van der Waals surface area (Å²) in [7, 11) is 1.37. The molecule has 4 rings (SSSR count). The smallest absolute Gasteiger partial charge is 0.331 e. The summed E-state index contributed by atoms with van der Waals surface area (Å²) in [5.74, 6) is -2.68. The number of esters is 2. The Kier molecular flexibility index (Phi) is 11.6. The minimum atomic E-state index is -1.20. The van der Waals surface area contributed by atoms with Crippen molar-refractivity contribution in [3.8, 4) is 11.5 Å². The second-order valence-electron chi connectivity index (χ2n) is 10.1. The number of nitrogens with one attached hydrogen (secondary N) is 1. The summed E-state index contributed by atoms with van der Waals surface area (Å²) in [6.45, 7) is 2.67. The predicted molar refractivity (Wildman–Crippen MR) is 154 cm³/mol. The molecule has 2 heterocycles. The van der Waals surface area contributed by atoms with Gasteiger partial charge in [-0.25, -0.2) is 14.2 Å². The number of amides is 1. The molecule has 0 bridgehead atoms. The zero-order chi connectivity index (χ0) is 31.5. The van der Waals surface area contributed by atoms with Gasteiger partial charge in [-0.05, 0) is 36.6 Å². The van der Waals surface area contributed by atoms with Crippen LogP contribution >= 0.6 is 0 Å². The molecule has 1 aliphatic heterocycles. The third kappa shape index (κ3) is 8.98. The Morgan fingerprint density at radius 2 is 1.80 bits per heavy atom. The van der Waals surface area contributed by atoms with Gasteiger partial charge in [-0.3, -0.25) is 9.59 Å². The maximum absolute atomic E-state index is 13.6. The average molecular weight is 611 g/mol. The molecule has 11 nitrogen and oxygen atoms in total. The Labute approximate surface area is 254 Å². The number of benzene rings is 2. The Hall–Kier alpha value is -4.55. The van der Waals surface area contributed by atoms with Crippen LogP contribution in [0.4, 0.5) is 4.39 Å². The first-order valence-corrected chi connectivity index (χ1v) is 14.0. The van der Waals surface area contributed by atoms with Crippen LogP contribution in [0.25, 0.3) is 0 Å². The van der Waals surface area contributed by atoms with E-state index in [0.717, 1.165) is 11.1 Å². The maximum Gasteiger partial charge on any atom is 0.331 e. The summed E-state index contributed by atoms with van der Waals surface area (Å²) in [6.07, 6.45) is 0.595. The van der Waals surface area contributed by atoms with Gasteiger partial charge in [0.2, 0.25) is 6.79 Å². The number of carbonyl (C=O) groups excluding carboxylic acids is 3. The van der Waals surface area contributed by atoms with E-state index in [1.54, 1.807) is 19.1 Å². The molecule has 2 aromatic carbocycles. The lowest BCUT2D eigenvalue weighted by Gasteiger charge is -2.31. The number of cyclic esters (lactones) is 1. The number of hydrogen-bond donors (Lipinski definition) is 1. The highest BCUT2D eigenvalue weighted by molar-refractivity contribution is 5.98. The SMILES string of the molecule is COc1ccnc(C(=O)NC2COCC(OCc3ccccc3)C(Cc3ccc(F)cc3)C(C)OC2=O)c1OCOC(C)=O. The lowest BCUT2D eigenvalue weighted by molar-refractivity contribution is -0.155. The third-order valence-electron chi connectivity index (χ3n) is 7.00. The normalized spacial score (nSPS) is 20.3. The Morgan fingerprint density at radius 1 is 1.05 bits per heavy atom. The zero-order valence-corrected chi connectivity index (χ0v) is 24.7. The van der Waals surface area contributed by atoms with Gasteiger partial charge in [0, 0.05) is 25.1 Å². The van der Waals surface area contributed by atoms with Crippen LogP contribution in [-0.2, 0) is 41.6 Å². The molecule has 4 atom stereocenters. The molecular formula is C32H35FN2O9. The average Bonchev–Trinajstić information content (AvgIpc) is 3.06. The van der Waals surface area contributed by atoms with E-state index in [1.807, 2.05) is 30.3 Å². The highest BCUT2D eigenvalue weighted by Gasteiger charge is 2.36. The number of halogens is 1. The number of nitrogens with zero attached hydrogens (tertiary/aromatic N) is 1. The van der Waals surface area contributed by atoms with E-state index in [9.17, 15) is 18.8 Å². The second-order valence-corrected chi connectivity index (χ2v) is 10.1. The minimum absolute atomic E-state index is 0.0757. The summed E-state index contributed by atoms with van der Waals surface area (Å²) in [5.41, 5.74) is 1.60. The Bertz CT molecular complexity index is 1400. The van der Waals surface area contributed by atoms with Crippen LogP contribution < -0.4 is 14.8 Å². The molecule has 0 spiro atoms. The maximum atomic E-state index is 13.6. The van der Waals surface area contributed by atoms with E-state index in [2.05, 4.69) is 10.3 Å². The summed E-state index contributed by atoms with van der Waals surface area (Å²) in [4.78, 5) is 41.9. The standard InChI is InChI=1S/C32H35FN2O9/c1-20-25(15-22-9-11-24(33)12-10-22)28(41-16-23-7-5-4-6-8-23)18-40-17-26(32(38)44-20)35-31(37)29-30(43-19-42-21(2)36)27(39-3)13-14-34-29/h4-14,20,25-26,28H,15-19H2,1-3H3,(H,35,37). The molecule has 1 aliphatic rings. The van der Waals surface area contributed by atoms with Crippen LogP contribution in [0.15, 0.2) is 66.9 Å². The largest absolute Gasteiger partial charge is 0.493 e. The van der Waals surface area contributed by atoms with Gasteiger partial charge in [0.05, 0.1) is 33.0 Å². The fourth-order valence-electron chi connectivity index (χ4n) is 4.68. The van der Waals surface area contributed by atoms with Gasteiger partial charge < -0.3 is 33.7 Å². The number of rotatable bonds is 11. The summed E-state index contributed by atoms with van der Waals surface area (Å²) in [5, 5.41) is 2.61. The predicted octanol–water partition coefficient (Wildman–Crippen LogP) is 3.63. The van der Waals surface area contributed by atoms with E-state index in [4.69, 9.17) is 28.4 Å². The molecule has 0 aliphatic carbocycles. The molecule has 4 unspecified atom stereocenters. The van der Waals surface area contributed by atoms with E-state index in [1.165, 1.54) is 38.4 Å². The van der Waals surface area contributed by atoms with Gasteiger partial charge in [-0.15, -0.1) is 0 Å². The summed E-state index contributed by atoms with van der Waals surface area (Å²) >= 11 is 0. The Morgan fingerprint density at radius 3 is 2.50 bits per heavy atom. The van der Waals surface area contributed by atoms with Crippen LogP contribution in [0.2, 0.25) is 0 Å². The first-order chi connectivity index (χ1) is 21.2. The van der Waals surface area contributed by atoms with Crippen LogP contribution in [0.3, 0.4) is 0 Å². The number of pyridine rings is 1. The number of hydrogen-bond acceptors (Lipinski definition) is 10. The van der Waals surface area contributed by atoms with Crippen molar-refractivity contribution in [2.75, 3.05) is 27.1 Å². The quantitative estimate of drug-likeness (QED) is 0.254. The fourth-order valence-corrected chi connectivity index (χ4v) is 4.68. The van der Waals surface area contributed by atoms with Gasteiger partial charge in [0.1, 0.15) is 11.9 Å². The lowest BCUT2D eigenvalue weighted by atomic mass is 9.89. The first-order valence-electron chi connectivity index (χ1n) is 14.0. The molecule has 1 aromatic heterocycles. The van der Waals surface area contributed by atoms with Crippen molar-refractivity contribution in [3.05, 3.63) is 89.5 Å². The van der Waals surface area contributed by atoms with Crippen LogP contribution in [0.5, 0.6) is 11.5 Å². The molecule has 0 saturated carbocycles. The molecule has 1 saturated heterocycles. The molecule has 234 valence electrons. The fraction of sp³-hybridized carbons (Fsp3) is 0.375. The van der Waals surface area contributed by atoms with Crippen molar-refractivity contribution in [3.63, 3.8) is 0 Å². The van der Waals surface area contributed by atoms with Crippen molar-refractivity contribution >= 4 is 17.8 Å².